The molecule has 3 rings (SSSR count). The van der Waals surface area contributed by atoms with Crippen molar-refractivity contribution in [3.8, 4) is 6.07 Å². The normalized spacial score (nSPS) is 29.2. The molecule has 2 aliphatic carbocycles. The van der Waals surface area contributed by atoms with Crippen LogP contribution in [-0.2, 0) is 0 Å². The third-order valence-electron chi connectivity index (χ3n) is 4.43. The Kier molecular flexibility index (Phi) is 3.13. The zero-order valence-electron chi connectivity index (χ0n) is 10.2. The second-order valence-electron chi connectivity index (χ2n) is 5.45. The number of pyridine rings is 1. The van der Waals surface area contributed by atoms with Crippen molar-refractivity contribution in [2.45, 2.75) is 25.7 Å². The highest BCUT2D eigenvalue weighted by Crippen LogP contribution is 2.48. The number of hydrogen-bond acceptors (Lipinski definition) is 3. The van der Waals surface area contributed by atoms with Crippen LogP contribution < -0.4 is 5.32 Å². The minimum Gasteiger partial charge on any atom is -0.369 e. The van der Waals surface area contributed by atoms with E-state index in [1.54, 1.807) is 12.3 Å². The van der Waals surface area contributed by atoms with Crippen molar-refractivity contribution in [3.63, 3.8) is 0 Å². The lowest BCUT2D eigenvalue weighted by molar-refractivity contribution is 0.348. The standard InChI is InChI=1S/C14H16ClN3/c15-13-11(7-16)3-4-17-14(13)18-8-12-6-9-1-2-10(12)5-9/h3-4,9-10,12H,1-2,5-6,8H2,(H,17,18). The molecule has 1 aromatic rings. The molecule has 3 nitrogen and oxygen atoms in total. The Morgan fingerprint density at radius 1 is 1.44 bits per heavy atom. The molecular formula is C14H16ClN3. The van der Waals surface area contributed by atoms with Gasteiger partial charge >= 0.3 is 0 Å². The second-order valence-corrected chi connectivity index (χ2v) is 5.83. The van der Waals surface area contributed by atoms with Crippen LogP contribution in [0.2, 0.25) is 5.02 Å². The molecule has 1 aromatic heterocycles. The number of rotatable bonds is 3. The molecule has 0 aliphatic heterocycles. The average molecular weight is 262 g/mol. The lowest BCUT2D eigenvalue weighted by Gasteiger charge is -2.22. The first kappa shape index (κ1) is 11.8. The number of anilines is 1. The fraction of sp³-hybridized carbons (Fsp3) is 0.571. The molecule has 0 aromatic carbocycles. The van der Waals surface area contributed by atoms with E-state index < -0.39 is 0 Å². The van der Waals surface area contributed by atoms with Crippen molar-refractivity contribution in [2.24, 2.45) is 17.8 Å². The largest absolute Gasteiger partial charge is 0.369 e. The molecule has 1 heterocycles. The minimum absolute atomic E-state index is 0.447. The number of nitrogens with one attached hydrogen (secondary N) is 1. The van der Waals surface area contributed by atoms with E-state index in [1.165, 1.54) is 25.7 Å². The van der Waals surface area contributed by atoms with Gasteiger partial charge in [0.25, 0.3) is 0 Å². The fourth-order valence-electron chi connectivity index (χ4n) is 3.51. The Labute approximate surface area is 112 Å². The number of nitrogens with zero attached hydrogens (tertiary/aromatic N) is 2. The van der Waals surface area contributed by atoms with Crippen LogP contribution in [0.3, 0.4) is 0 Å². The van der Waals surface area contributed by atoms with Crippen molar-refractivity contribution in [1.29, 1.82) is 5.26 Å². The fourth-order valence-corrected chi connectivity index (χ4v) is 3.73. The van der Waals surface area contributed by atoms with Crippen LogP contribution in [0.5, 0.6) is 0 Å². The maximum Gasteiger partial charge on any atom is 0.146 e. The first-order valence-electron chi connectivity index (χ1n) is 6.56. The Hall–Kier alpha value is -1.27. The lowest BCUT2D eigenvalue weighted by Crippen LogP contribution is -2.20. The van der Waals surface area contributed by atoms with E-state index in [1.807, 2.05) is 0 Å². The lowest BCUT2D eigenvalue weighted by atomic mass is 9.89. The van der Waals surface area contributed by atoms with E-state index in [9.17, 15) is 0 Å². The van der Waals surface area contributed by atoms with Gasteiger partial charge in [-0.15, -0.1) is 0 Å². The smallest absolute Gasteiger partial charge is 0.146 e. The number of fused-ring (bicyclic) bond motifs is 2. The molecule has 0 amide bonds. The number of aromatic nitrogens is 1. The highest BCUT2D eigenvalue weighted by molar-refractivity contribution is 6.34. The topological polar surface area (TPSA) is 48.7 Å². The maximum absolute atomic E-state index is 8.92. The molecule has 1 N–H and O–H groups in total. The van der Waals surface area contributed by atoms with Gasteiger partial charge in [-0.25, -0.2) is 4.98 Å². The summed E-state index contributed by atoms with van der Waals surface area (Å²) >= 11 is 6.13. The van der Waals surface area contributed by atoms with E-state index >= 15 is 0 Å². The molecule has 0 spiro atoms. The minimum atomic E-state index is 0.447. The quantitative estimate of drug-likeness (QED) is 0.907. The summed E-state index contributed by atoms with van der Waals surface area (Å²) in [5, 5.41) is 12.7. The van der Waals surface area contributed by atoms with E-state index in [-0.39, 0.29) is 0 Å². The molecule has 18 heavy (non-hydrogen) atoms. The Morgan fingerprint density at radius 2 is 2.33 bits per heavy atom. The first-order valence-corrected chi connectivity index (χ1v) is 6.94. The molecule has 2 saturated carbocycles. The van der Waals surface area contributed by atoms with Crippen LogP contribution in [-0.4, -0.2) is 11.5 Å². The Bertz CT molecular complexity index is 494. The molecule has 0 saturated heterocycles. The van der Waals surface area contributed by atoms with Gasteiger partial charge in [-0.3, -0.25) is 0 Å². The monoisotopic (exact) mass is 261 g/mol. The molecule has 2 fully saturated rings. The second kappa shape index (κ2) is 4.78. The molecule has 3 atom stereocenters. The summed E-state index contributed by atoms with van der Waals surface area (Å²) in [4.78, 5) is 4.22. The van der Waals surface area contributed by atoms with Crippen LogP contribution in [0.15, 0.2) is 12.3 Å². The van der Waals surface area contributed by atoms with Crippen LogP contribution >= 0.6 is 11.6 Å². The molecule has 3 unspecified atom stereocenters. The van der Waals surface area contributed by atoms with Crippen molar-refractivity contribution in [1.82, 2.24) is 4.98 Å². The van der Waals surface area contributed by atoms with Gasteiger partial charge in [-0.05, 0) is 43.1 Å². The number of halogens is 1. The number of hydrogen-bond donors (Lipinski definition) is 1. The van der Waals surface area contributed by atoms with Crippen LogP contribution in [0, 0.1) is 29.1 Å². The molecule has 2 bridgehead atoms. The highest BCUT2D eigenvalue weighted by atomic mass is 35.5. The highest BCUT2D eigenvalue weighted by Gasteiger charge is 2.39. The van der Waals surface area contributed by atoms with Gasteiger partial charge in [0.2, 0.25) is 0 Å². The average Bonchev–Trinajstić information content (AvgIpc) is 3.00. The van der Waals surface area contributed by atoms with Crippen LogP contribution in [0.25, 0.3) is 0 Å². The summed E-state index contributed by atoms with van der Waals surface area (Å²) in [6, 6.07) is 3.72. The SMILES string of the molecule is N#Cc1ccnc(NCC2CC3CCC2C3)c1Cl. The summed E-state index contributed by atoms with van der Waals surface area (Å²) in [7, 11) is 0. The molecule has 94 valence electrons. The van der Waals surface area contributed by atoms with E-state index in [4.69, 9.17) is 16.9 Å². The molecule has 0 radical (unpaired) electrons. The third-order valence-corrected chi connectivity index (χ3v) is 4.81. The summed E-state index contributed by atoms with van der Waals surface area (Å²) in [5.74, 6) is 3.25. The first-order chi connectivity index (χ1) is 8.78. The van der Waals surface area contributed by atoms with E-state index in [2.05, 4.69) is 16.4 Å². The number of nitriles is 1. The van der Waals surface area contributed by atoms with Gasteiger partial charge in [0.05, 0.1) is 5.56 Å². The Morgan fingerprint density at radius 3 is 3.00 bits per heavy atom. The zero-order valence-corrected chi connectivity index (χ0v) is 11.0. The van der Waals surface area contributed by atoms with Crippen LogP contribution in [0.1, 0.15) is 31.2 Å². The Balaban J connectivity index is 1.65. The van der Waals surface area contributed by atoms with Gasteiger partial charge in [0.15, 0.2) is 0 Å². The third kappa shape index (κ3) is 2.06. The summed E-state index contributed by atoms with van der Waals surface area (Å²) in [6.07, 6.45) is 7.19. The predicted molar refractivity (Wildman–Crippen MR) is 71.4 cm³/mol. The zero-order chi connectivity index (χ0) is 12.5. The molecular weight excluding hydrogens is 246 g/mol. The van der Waals surface area contributed by atoms with Crippen molar-refractivity contribution < 1.29 is 0 Å². The van der Waals surface area contributed by atoms with Crippen molar-refractivity contribution in [3.05, 3.63) is 22.8 Å². The summed E-state index contributed by atoms with van der Waals surface area (Å²) in [6.45, 7) is 0.933. The van der Waals surface area contributed by atoms with Gasteiger partial charge in [0, 0.05) is 12.7 Å². The summed E-state index contributed by atoms with van der Waals surface area (Å²) in [5.41, 5.74) is 0.488. The van der Waals surface area contributed by atoms with Gasteiger partial charge in [-0.1, -0.05) is 18.0 Å². The van der Waals surface area contributed by atoms with Gasteiger partial charge < -0.3 is 5.32 Å². The van der Waals surface area contributed by atoms with Crippen molar-refractivity contribution in [2.75, 3.05) is 11.9 Å². The maximum atomic E-state index is 8.92. The summed E-state index contributed by atoms with van der Waals surface area (Å²) < 4.78 is 0. The van der Waals surface area contributed by atoms with Gasteiger partial charge in [-0.2, -0.15) is 5.26 Å². The molecule has 2 aliphatic rings. The van der Waals surface area contributed by atoms with Gasteiger partial charge in [0.1, 0.15) is 16.9 Å². The van der Waals surface area contributed by atoms with Crippen LogP contribution in [0.4, 0.5) is 5.82 Å². The van der Waals surface area contributed by atoms with E-state index in [0.717, 1.165) is 24.3 Å². The van der Waals surface area contributed by atoms with Crippen molar-refractivity contribution >= 4 is 17.4 Å². The van der Waals surface area contributed by atoms with E-state index in [0.29, 0.717) is 16.4 Å². The predicted octanol–water partition coefficient (Wildman–Crippen LogP) is 3.45. The molecule has 4 heteroatoms.